The molecule has 2 aromatic heterocycles. The molecular weight excluding hydrogens is 220 g/mol. The maximum absolute atomic E-state index is 11.8. The smallest absolute Gasteiger partial charge is 0.245 e. The number of carbonyl (C=O) groups is 1. The molecule has 0 saturated heterocycles. The lowest BCUT2D eigenvalue weighted by Crippen LogP contribution is -2.37. The van der Waals surface area contributed by atoms with Crippen molar-refractivity contribution in [1.82, 2.24) is 20.0 Å². The van der Waals surface area contributed by atoms with Crippen LogP contribution in [-0.2, 0) is 11.8 Å². The monoisotopic (exact) mass is 234 g/mol. The largest absolute Gasteiger partial charge is 0.317 e. The van der Waals surface area contributed by atoms with Crippen molar-refractivity contribution in [2.24, 2.45) is 12.8 Å². The van der Waals surface area contributed by atoms with Crippen LogP contribution in [0.5, 0.6) is 0 Å². The van der Waals surface area contributed by atoms with E-state index in [4.69, 9.17) is 5.73 Å². The van der Waals surface area contributed by atoms with Crippen LogP contribution in [0, 0.1) is 6.92 Å². The number of nitrogens with one attached hydrogen (secondary N) is 2. The molecule has 0 radical (unpaired) electrons. The van der Waals surface area contributed by atoms with Crippen molar-refractivity contribution in [3.05, 3.63) is 5.69 Å². The number of nitrogens with zero attached hydrogens (tertiary/aromatic N) is 3. The number of aromatic nitrogens is 4. The van der Waals surface area contributed by atoms with Gasteiger partial charge in [-0.2, -0.15) is 10.2 Å². The number of aryl methyl sites for hydroxylation is 2. The SMILES string of the molecule is Cc1nn(C)c2n[nH]c(NC(=O)C3(N)CC3)c12. The van der Waals surface area contributed by atoms with Crippen LogP contribution in [0.1, 0.15) is 18.5 Å². The maximum atomic E-state index is 11.8. The Labute approximate surface area is 97.4 Å². The highest BCUT2D eigenvalue weighted by Gasteiger charge is 2.46. The number of hydrogen-bond donors (Lipinski definition) is 3. The van der Waals surface area contributed by atoms with Gasteiger partial charge < -0.3 is 11.1 Å². The van der Waals surface area contributed by atoms with Gasteiger partial charge in [-0.1, -0.05) is 0 Å². The Morgan fingerprint density at radius 3 is 2.94 bits per heavy atom. The van der Waals surface area contributed by atoms with Gasteiger partial charge in [0.05, 0.1) is 16.6 Å². The molecule has 90 valence electrons. The fraction of sp³-hybridized carbons (Fsp3) is 0.500. The zero-order valence-electron chi connectivity index (χ0n) is 9.74. The summed E-state index contributed by atoms with van der Waals surface area (Å²) in [6.07, 6.45) is 1.48. The van der Waals surface area contributed by atoms with E-state index in [1.807, 2.05) is 14.0 Å². The van der Waals surface area contributed by atoms with Gasteiger partial charge in [-0.15, -0.1) is 0 Å². The molecule has 0 aromatic carbocycles. The summed E-state index contributed by atoms with van der Waals surface area (Å²) in [6, 6.07) is 0. The first kappa shape index (κ1) is 10.3. The van der Waals surface area contributed by atoms with E-state index in [0.717, 1.165) is 29.6 Å². The van der Waals surface area contributed by atoms with Crippen molar-refractivity contribution < 1.29 is 4.79 Å². The Morgan fingerprint density at radius 2 is 2.29 bits per heavy atom. The fourth-order valence-corrected chi connectivity index (χ4v) is 1.92. The second kappa shape index (κ2) is 3.07. The third-order valence-corrected chi connectivity index (χ3v) is 3.19. The van der Waals surface area contributed by atoms with Gasteiger partial charge in [0.15, 0.2) is 5.65 Å². The van der Waals surface area contributed by atoms with Crippen molar-refractivity contribution in [2.75, 3.05) is 5.32 Å². The summed E-state index contributed by atoms with van der Waals surface area (Å²) in [5.74, 6) is 0.415. The summed E-state index contributed by atoms with van der Waals surface area (Å²) >= 11 is 0. The summed E-state index contributed by atoms with van der Waals surface area (Å²) in [7, 11) is 1.81. The second-order valence-corrected chi connectivity index (χ2v) is 4.62. The van der Waals surface area contributed by atoms with Crippen LogP contribution in [0.3, 0.4) is 0 Å². The molecule has 17 heavy (non-hydrogen) atoms. The molecule has 7 heteroatoms. The zero-order chi connectivity index (χ0) is 12.2. The van der Waals surface area contributed by atoms with Crippen molar-refractivity contribution in [2.45, 2.75) is 25.3 Å². The Morgan fingerprint density at radius 1 is 1.59 bits per heavy atom. The van der Waals surface area contributed by atoms with Crippen LogP contribution in [-0.4, -0.2) is 31.4 Å². The van der Waals surface area contributed by atoms with Crippen molar-refractivity contribution in [1.29, 1.82) is 0 Å². The first-order chi connectivity index (χ1) is 8.01. The summed E-state index contributed by atoms with van der Waals surface area (Å²) in [5, 5.41) is 14.8. The van der Waals surface area contributed by atoms with E-state index < -0.39 is 5.54 Å². The molecule has 1 fully saturated rings. The topological polar surface area (TPSA) is 102 Å². The lowest BCUT2D eigenvalue weighted by Gasteiger charge is -2.07. The molecular formula is C10H14N6O. The van der Waals surface area contributed by atoms with E-state index in [9.17, 15) is 4.79 Å². The molecule has 0 bridgehead atoms. The molecule has 7 nitrogen and oxygen atoms in total. The Balaban J connectivity index is 1.98. The van der Waals surface area contributed by atoms with Gasteiger partial charge in [-0.25, -0.2) is 4.68 Å². The first-order valence-electron chi connectivity index (χ1n) is 5.49. The zero-order valence-corrected chi connectivity index (χ0v) is 9.74. The van der Waals surface area contributed by atoms with Crippen LogP contribution < -0.4 is 11.1 Å². The highest BCUT2D eigenvalue weighted by atomic mass is 16.2. The number of nitrogens with two attached hydrogens (primary N) is 1. The molecule has 2 aromatic rings. The number of amides is 1. The minimum Gasteiger partial charge on any atom is -0.317 e. The van der Waals surface area contributed by atoms with Gasteiger partial charge in [-0.05, 0) is 19.8 Å². The molecule has 2 heterocycles. The van der Waals surface area contributed by atoms with Crippen molar-refractivity contribution >= 4 is 22.8 Å². The number of rotatable bonds is 2. The molecule has 1 saturated carbocycles. The van der Waals surface area contributed by atoms with E-state index in [2.05, 4.69) is 20.6 Å². The van der Waals surface area contributed by atoms with E-state index in [-0.39, 0.29) is 5.91 Å². The standard InChI is InChI=1S/C10H14N6O/c1-5-6-7(12-9(17)10(11)3-4-10)13-14-8(6)16(2)15-5/h3-4,11H2,1-2H3,(H2,12,13,14,17). The molecule has 0 atom stereocenters. The predicted octanol–water partition coefficient (Wildman–Crippen LogP) is 0.0346. The Kier molecular flexibility index (Phi) is 1.86. The van der Waals surface area contributed by atoms with Crippen LogP contribution in [0.4, 0.5) is 5.82 Å². The molecule has 1 amide bonds. The maximum Gasteiger partial charge on any atom is 0.245 e. The molecule has 0 spiro atoms. The number of anilines is 1. The number of fused-ring (bicyclic) bond motifs is 1. The number of carbonyl (C=O) groups excluding carboxylic acids is 1. The quantitative estimate of drug-likeness (QED) is 0.682. The van der Waals surface area contributed by atoms with Gasteiger partial charge in [0, 0.05) is 7.05 Å². The van der Waals surface area contributed by atoms with Crippen LogP contribution in [0.15, 0.2) is 0 Å². The Bertz CT molecular complexity index is 606. The first-order valence-corrected chi connectivity index (χ1v) is 5.49. The lowest BCUT2D eigenvalue weighted by molar-refractivity contribution is -0.118. The molecule has 4 N–H and O–H groups in total. The fourth-order valence-electron chi connectivity index (χ4n) is 1.92. The molecule has 1 aliphatic rings. The van der Waals surface area contributed by atoms with Gasteiger partial charge in [0.2, 0.25) is 5.91 Å². The lowest BCUT2D eigenvalue weighted by atomic mass is 10.2. The average Bonchev–Trinajstić information content (AvgIpc) is 2.78. The summed E-state index contributed by atoms with van der Waals surface area (Å²) in [5.41, 5.74) is 6.69. The Hall–Kier alpha value is -1.89. The minimum absolute atomic E-state index is 0.161. The molecule has 1 aliphatic carbocycles. The normalized spacial score (nSPS) is 17.4. The van der Waals surface area contributed by atoms with Crippen molar-refractivity contribution in [3.8, 4) is 0 Å². The molecule has 0 unspecified atom stereocenters. The number of aromatic amines is 1. The summed E-state index contributed by atoms with van der Waals surface area (Å²) in [6.45, 7) is 1.88. The van der Waals surface area contributed by atoms with Crippen LogP contribution in [0.2, 0.25) is 0 Å². The van der Waals surface area contributed by atoms with E-state index in [0.29, 0.717) is 5.82 Å². The average molecular weight is 234 g/mol. The highest BCUT2D eigenvalue weighted by molar-refractivity contribution is 6.04. The van der Waals surface area contributed by atoms with Crippen LogP contribution >= 0.6 is 0 Å². The van der Waals surface area contributed by atoms with E-state index in [1.54, 1.807) is 4.68 Å². The summed E-state index contributed by atoms with van der Waals surface area (Å²) < 4.78 is 1.67. The third kappa shape index (κ3) is 1.42. The van der Waals surface area contributed by atoms with Gasteiger partial charge >= 0.3 is 0 Å². The predicted molar refractivity (Wildman–Crippen MR) is 62.4 cm³/mol. The van der Waals surface area contributed by atoms with Gasteiger partial charge in [0.1, 0.15) is 5.82 Å². The van der Waals surface area contributed by atoms with Gasteiger partial charge in [0.25, 0.3) is 0 Å². The number of H-pyrrole nitrogens is 1. The second-order valence-electron chi connectivity index (χ2n) is 4.62. The van der Waals surface area contributed by atoms with Gasteiger partial charge in [-0.3, -0.25) is 9.89 Å². The van der Waals surface area contributed by atoms with E-state index in [1.165, 1.54) is 0 Å². The minimum atomic E-state index is -0.687. The summed E-state index contributed by atoms with van der Waals surface area (Å²) in [4.78, 5) is 11.8. The highest BCUT2D eigenvalue weighted by Crippen LogP contribution is 2.34. The van der Waals surface area contributed by atoms with Crippen molar-refractivity contribution in [3.63, 3.8) is 0 Å². The third-order valence-electron chi connectivity index (χ3n) is 3.19. The molecule has 0 aliphatic heterocycles. The van der Waals surface area contributed by atoms with E-state index >= 15 is 0 Å². The van der Waals surface area contributed by atoms with Crippen LogP contribution in [0.25, 0.3) is 11.0 Å². The number of hydrogen-bond acceptors (Lipinski definition) is 4. The molecule has 3 rings (SSSR count).